The predicted octanol–water partition coefficient (Wildman–Crippen LogP) is 2.99. The van der Waals surface area contributed by atoms with Crippen LogP contribution in [0, 0.1) is 11.7 Å². The molecule has 1 aliphatic rings. The molecule has 3 rings (SSSR count). The molecular formula is C21H23FN2O4S. The summed E-state index contributed by atoms with van der Waals surface area (Å²) in [5.74, 6) is -1.51. The molecule has 0 bridgehead atoms. The summed E-state index contributed by atoms with van der Waals surface area (Å²) in [7, 11) is 0. The van der Waals surface area contributed by atoms with Gasteiger partial charge in [0.05, 0.1) is 10.8 Å². The van der Waals surface area contributed by atoms with E-state index in [4.69, 9.17) is 4.74 Å². The third kappa shape index (κ3) is 5.63. The van der Waals surface area contributed by atoms with Gasteiger partial charge in [-0.05, 0) is 48.9 Å². The van der Waals surface area contributed by atoms with Gasteiger partial charge in [-0.2, -0.15) is 0 Å². The Bertz CT molecular complexity index is 846. The molecule has 6 nitrogen and oxygen atoms in total. The molecule has 1 fully saturated rings. The molecule has 0 spiro atoms. The number of hydrogen-bond donors (Lipinski definition) is 1. The quantitative estimate of drug-likeness (QED) is 0.732. The van der Waals surface area contributed by atoms with E-state index in [2.05, 4.69) is 5.32 Å². The van der Waals surface area contributed by atoms with Crippen LogP contribution in [0.1, 0.15) is 35.0 Å². The average Bonchev–Trinajstić information content (AvgIpc) is 3.27. The van der Waals surface area contributed by atoms with Crippen molar-refractivity contribution in [2.24, 2.45) is 5.92 Å². The molecule has 2 aromatic rings. The van der Waals surface area contributed by atoms with Crippen molar-refractivity contribution in [2.75, 3.05) is 13.1 Å². The standard InChI is InChI=1S/C21H23FN2O4S/c1-14(19(25)23-13-15-4-6-17(22)7-5-15)28-21(27)16-8-10-24(11-9-16)20(26)18-3-2-12-29-18/h2-7,12,14,16H,8-11,13H2,1H3,(H,23,25)/t14-/m1/s1. The van der Waals surface area contributed by atoms with E-state index in [-0.39, 0.29) is 24.2 Å². The highest BCUT2D eigenvalue weighted by Crippen LogP contribution is 2.22. The molecule has 8 heteroatoms. The van der Waals surface area contributed by atoms with Crippen LogP contribution in [-0.4, -0.2) is 41.9 Å². The Morgan fingerprint density at radius 3 is 2.52 bits per heavy atom. The highest BCUT2D eigenvalue weighted by atomic mass is 32.1. The zero-order valence-corrected chi connectivity index (χ0v) is 16.9. The highest BCUT2D eigenvalue weighted by molar-refractivity contribution is 7.12. The van der Waals surface area contributed by atoms with Crippen molar-refractivity contribution in [3.05, 3.63) is 58.0 Å². The second kappa shape index (κ2) is 9.65. The summed E-state index contributed by atoms with van der Waals surface area (Å²) in [4.78, 5) is 39.3. The van der Waals surface area contributed by atoms with Gasteiger partial charge in [-0.3, -0.25) is 14.4 Å². The molecule has 1 saturated heterocycles. The number of piperidine rings is 1. The lowest BCUT2D eigenvalue weighted by molar-refractivity contribution is -0.160. The number of hydrogen-bond acceptors (Lipinski definition) is 5. The number of halogens is 1. The Kier molecular flexibility index (Phi) is 6.98. The summed E-state index contributed by atoms with van der Waals surface area (Å²) < 4.78 is 18.2. The molecule has 0 radical (unpaired) electrons. The van der Waals surface area contributed by atoms with Crippen LogP contribution in [0.15, 0.2) is 41.8 Å². The van der Waals surface area contributed by atoms with Crippen LogP contribution in [-0.2, 0) is 20.9 Å². The third-order valence-electron chi connectivity index (χ3n) is 4.89. The summed E-state index contributed by atoms with van der Waals surface area (Å²) in [5.41, 5.74) is 0.751. The molecule has 1 N–H and O–H groups in total. The van der Waals surface area contributed by atoms with Crippen molar-refractivity contribution in [1.82, 2.24) is 10.2 Å². The maximum Gasteiger partial charge on any atom is 0.309 e. The van der Waals surface area contributed by atoms with E-state index in [1.54, 1.807) is 23.1 Å². The molecule has 0 aliphatic carbocycles. The van der Waals surface area contributed by atoms with Crippen molar-refractivity contribution in [3.8, 4) is 0 Å². The van der Waals surface area contributed by atoms with Crippen LogP contribution in [0.3, 0.4) is 0 Å². The van der Waals surface area contributed by atoms with Crippen LogP contribution < -0.4 is 5.32 Å². The molecule has 2 heterocycles. The van der Waals surface area contributed by atoms with Gasteiger partial charge in [0, 0.05) is 19.6 Å². The first-order valence-electron chi connectivity index (χ1n) is 9.49. The predicted molar refractivity (Wildman–Crippen MR) is 107 cm³/mol. The van der Waals surface area contributed by atoms with Crippen molar-refractivity contribution in [2.45, 2.75) is 32.4 Å². The molecule has 0 saturated carbocycles. The Labute approximate surface area is 172 Å². The summed E-state index contributed by atoms with van der Waals surface area (Å²) in [6, 6.07) is 9.43. The number of ether oxygens (including phenoxy) is 1. The maximum atomic E-state index is 12.9. The zero-order valence-electron chi connectivity index (χ0n) is 16.1. The van der Waals surface area contributed by atoms with Crippen molar-refractivity contribution >= 4 is 29.1 Å². The van der Waals surface area contributed by atoms with E-state index in [9.17, 15) is 18.8 Å². The number of esters is 1. The Balaban J connectivity index is 1.42. The van der Waals surface area contributed by atoms with Crippen molar-refractivity contribution in [1.29, 1.82) is 0 Å². The first kappa shape index (κ1) is 21.0. The van der Waals surface area contributed by atoms with Crippen molar-refractivity contribution < 1.29 is 23.5 Å². The summed E-state index contributed by atoms with van der Waals surface area (Å²) in [6.07, 6.45) is 0.105. The second-order valence-corrected chi connectivity index (χ2v) is 7.91. The van der Waals surface area contributed by atoms with E-state index in [1.165, 1.54) is 30.4 Å². The Morgan fingerprint density at radius 2 is 1.90 bits per heavy atom. The minimum absolute atomic E-state index is 0.0136. The minimum atomic E-state index is -0.922. The first-order valence-corrected chi connectivity index (χ1v) is 10.4. The van der Waals surface area contributed by atoms with Crippen LogP contribution in [0.2, 0.25) is 0 Å². The number of carbonyl (C=O) groups excluding carboxylic acids is 3. The lowest BCUT2D eigenvalue weighted by atomic mass is 9.97. The Morgan fingerprint density at radius 1 is 1.21 bits per heavy atom. The van der Waals surface area contributed by atoms with E-state index in [1.807, 2.05) is 11.4 Å². The molecule has 29 heavy (non-hydrogen) atoms. The maximum absolute atomic E-state index is 12.9. The Hall–Kier alpha value is -2.74. The third-order valence-corrected chi connectivity index (χ3v) is 5.75. The normalized spacial score (nSPS) is 15.6. The number of benzene rings is 1. The molecule has 1 aromatic carbocycles. The monoisotopic (exact) mass is 418 g/mol. The minimum Gasteiger partial charge on any atom is -0.452 e. The summed E-state index contributed by atoms with van der Waals surface area (Å²) in [6.45, 7) is 2.72. The molecule has 1 atom stereocenters. The SMILES string of the molecule is C[C@@H](OC(=O)C1CCN(C(=O)c2cccs2)CC1)C(=O)NCc1ccc(F)cc1. The molecular weight excluding hydrogens is 395 g/mol. The van der Waals surface area contributed by atoms with E-state index in [0.717, 1.165) is 5.56 Å². The largest absolute Gasteiger partial charge is 0.452 e. The lowest BCUT2D eigenvalue weighted by Gasteiger charge is -2.31. The number of nitrogens with zero attached hydrogens (tertiary/aromatic N) is 1. The van der Waals surface area contributed by atoms with Crippen LogP contribution in [0.4, 0.5) is 4.39 Å². The van der Waals surface area contributed by atoms with E-state index < -0.39 is 18.0 Å². The zero-order chi connectivity index (χ0) is 20.8. The lowest BCUT2D eigenvalue weighted by Crippen LogP contribution is -2.42. The van der Waals surface area contributed by atoms with Gasteiger partial charge in [-0.15, -0.1) is 11.3 Å². The number of rotatable bonds is 6. The number of carbonyl (C=O) groups is 3. The van der Waals surface area contributed by atoms with Gasteiger partial charge in [0.1, 0.15) is 5.82 Å². The number of amides is 2. The van der Waals surface area contributed by atoms with E-state index >= 15 is 0 Å². The van der Waals surface area contributed by atoms with Gasteiger partial charge < -0.3 is 15.0 Å². The van der Waals surface area contributed by atoms with Gasteiger partial charge in [0.15, 0.2) is 6.10 Å². The highest BCUT2D eigenvalue weighted by Gasteiger charge is 2.30. The van der Waals surface area contributed by atoms with Gasteiger partial charge in [-0.1, -0.05) is 18.2 Å². The van der Waals surface area contributed by atoms with Crippen LogP contribution in [0.25, 0.3) is 0 Å². The first-order chi connectivity index (χ1) is 13.9. The fraction of sp³-hybridized carbons (Fsp3) is 0.381. The van der Waals surface area contributed by atoms with Gasteiger partial charge in [0.2, 0.25) is 0 Å². The average molecular weight is 418 g/mol. The fourth-order valence-electron chi connectivity index (χ4n) is 3.13. The molecule has 2 amide bonds. The van der Waals surface area contributed by atoms with Gasteiger partial charge in [0.25, 0.3) is 11.8 Å². The van der Waals surface area contributed by atoms with Crippen molar-refractivity contribution in [3.63, 3.8) is 0 Å². The topological polar surface area (TPSA) is 75.7 Å². The number of nitrogens with one attached hydrogen (secondary N) is 1. The van der Waals surface area contributed by atoms with Crippen LogP contribution >= 0.6 is 11.3 Å². The van der Waals surface area contributed by atoms with Crippen LogP contribution in [0.5, 0.6) is 0 Å². The van der Waals surface area contributed by atoms with Gasteiger partial charge >= 0.3 is 5.97 Å². The number of thiophene rings is 1. The van der Waals surface area contributed by atoms with E-state index in [0.29, 0.717) is 30.8 Å². The smallest absolute Gasteiger partial charge is 0.309 e. The number of likely N-dealkylation sites (tertiary alicyclic amines) is 1. The molecule has 1 aromatic heterocycles. The molecule has 154 valence electrons. The fourth-order valence-corrected chi connectivity index (χ4v) is 3.82. The summed E-state index contributed by atoms with van der Waals surface area (Å²) >= 11 is 1.40. The summed E-state index contributed by atoms with van der Waals surface area (Å²) in [5, 5.41) is 4.53. The van der Waals surface area contributed by atoms with Gasteiger partial charge in [-0.25, -0.2) is 4.39 Å². The molecule has 0 unspecified atom stereocenters. The second-order valence-electron chi connectivity index (χ2n) is 6.97. The molecule has 1 aliphatic heterocycles.